The van der Waals surface area contributed by atoms with E-state index in [0.29, 0.717) is 0 Å². The topological polar surface area (TPSA) is 44.0 Å². The third-order valence-corrected chi connectivity index (χ3v) is 1.55. The summed E-state index contributed by atoms with van der Waals surface area (Å²) in [5.41, 5.74) is 0. The highest BCUT2D eigenvalue weighted by molar-refractivity contribution is 5.29. The van der Waals surface area contributed by atoms with Crippen molar-refractivity contribution < 1.29 is 14.5 Å². The zero-order chi connectivity index (χ0) is 9.94. The SMILES string of the molecule is CCCC[n+]1ccccc1.O=C[O-]. The Morgan fingerprint density at radius 1 is 1.31 bits per heavy atom. The van der Waals surface area contributed by atoms with E-state index in [0.717, 1.165) is 6.54 Å². The normalized spacial score (nSPS) is 8.38. The molecule has 0 aliphatic heterocycles. The second kappa shape index (κ2) is 8.71. The fraction of sp³-hybridized carbons (Fsp3) is 0.400. The van der Waals surface area contributed by atoms with Crippen LogP contribution in [0.4, 0.5) is 0 Å². The van der Waals surface area contributed by atoms with Gasteiger partial charge in [-0.2, -0.15) is 0 Å². The third-order valence-electron chi connectivity index (χ3n) is 1.55. The van der Waals surface area contributed by atoms with Gasteiger partial charge in [0, 0.05) is 25.0 Å². The Bertz CT molecular complexity index is 211. The van der Waals surface area contributed by atoms with Crippen molar-refractivity contribution in [3.8, 4) is 0 Å². The Balaban J connectivity index is 0.000000424. The van der Waals surface area contributed by atoms with E-state index in [1.165, 1.54) is 12.8 Å². The Kier molecular flexibility index (Phi) is 7.79. The fourth-order valence-electron chi connectivity index (χ4n) is 0.924. The Labute approximate surface area is 78.6 Å². The van der Waals surface area contributed by atoms with E-state index in [2.05, 4.69) is 36.0 Å². The molecule has 1 aromatic heterocycles. The first kappa shape index (κ1) is 11.6. The molecular formula is C10H15NO2. The molecule has 0 saturated heterocycles. The van der Waals surface area contributed by atoms with Crippen molar-refractivity contribution >= 4 is 6.47 Å². The van der Waals surface area contributed by atoms with Gasteiger partial charge < -0.3 is 9.90 Å². The maximum atomic E-state index is 8.25. The number of pyridine rings is 1. The van der Waals surface area contributed by atoms with Crippen LogP contribution in [-0.2, 0) is 11.3 Å². The molecule has 13 heavy (non-hydrogen) atoms. The number of nitrogens with zero attached hydrogens (tertiary/aromatic N) is 1. The highest BCUT2D eigenvalue weighted by atomic mass is 16.3. The third kappa shape index (κ3) is 7.00. The minimum Gasteiger partial charge on any atom is -0.554 e. The number of rotatable bonds is 3. The molecule has 0 aliphatic carbocycles. The van der Waals surface area contributed by atoms with Gasteiger partial charge in [0.2, 0.25) is 0 Å². The van der Waals surface area contributed by atoms with Crippen LogP contribution in [0.2, 0.25) is 0 Å². The van der Waals surface area contributed by atoms with Crippen LogP contribution in [-0.4, -0.2) is 6.47 Å². The lowest BCUT2D eigenvalue weighted by atomic mass is 10.3. The molecule has 1 aromatic rings. The lowest BCUT2D eigenvalue weighted by molar-refractivity contribution is -0.697. The summed E-state index contributed by atoms with van der Waals surface area (Å²) in [5, 5.41) is 8.25. The monoisotopic (exact) mass is 181 g/mol. The van der Waals surface area contributed by atoms with Gasteiger partial charge in [-0.05, 0) is 0 Å². The van der Waals surface area contributed by atoms with Crippen LogP contribution in [0.1, 0.15) is 19.8 Å². The maximum Gasteiger partial charge on any atom is 0.168 e. The van der Waals surface area contributed by atoms with Gasteiger partial charge in [0.15, 0.2) is 12.4 Å². The van der Waals surface area contributed by atoms with Crippen LogP contribution in [0.25, 0.3) is 0 Å². The molecule has 0 N–H and O–H groups in total. The average molecular weight is 181 g/mol. The molecule has 0 bridgehead atoms. The van der Waals surface area contributed by atoms with Gasteiger partial charge >= 0.3 is 0 Å². The van der Waals surface area contributed by atoms with Crippen LogP contribution in [0.3, 0.4) is 0 Å². The Morgan fingerprint density at radius 2 is 1.85 bits per heavy atom. The molecule has 0 fully saturated rings. The fourth-order valence-corrected chi connectivity index (χ4v) is 0.924. The molecule has 0 radical (unpaired) electrons. The van der Waals surface area contributed by atoms with Crippen molar-refractivity contribution in [2.75, 3.05) is 0 Å². The molecule has 0 saturated carbocycles. The van der Waals surface area contributed by atoms with E-state index in [1.807, 2.05) is 6.07 Å². The first-order valence-electron chi connectivity index (χ1n) is 4.34. The van der Waals surface area contributed by atoms with E-state index in [4.69, 9.17) is 9.90 Å². The van der Waals surface area contributed by atoms with E-state index in [-0.39, 0.29) is 0 Å². The van der Waals surface area contributed by atoms with Gasteiger partial charge in [-0.1, -0.05) is 19.4 Å². The van der Waals surface area contributed by atoms with E-state index in [9.17, 15) is 0 Å². The quantitative estimate of drug-likeness (QED) is 0.492. The Morgan fingerprint density at radius 3 is 2.31 bits per heavy atom. The minimum atomic E-state index is -0.500. The van der Waals surface area contributed by atoms with Crippen LogP contribution < -0.4 is 9.67 Å². The van der Waals surface area contributed by atoms with Crippen molar-refractivity contribution in [1.82, 2.24) is 0 Å². The number of aryl methyl sites for hydroxylation is 1. The molecule has 0 amide bonds. The largest absolute Gasteiger partial charge is 0.554 e. The van der Waals surface area contributed by atoms with Crippen molar-refractivity contribution in [1.29, 1.82) is 0 Å². The number of carbonyl (C=O) groups is 1. The summed E-state index contributed by atoms with van der Waals surface area (Å²) >= 11 is 0. The number of unbranched alkanes of at least 4 members (excludes halogenated alkanes) is 1. The summed E-state index contributed by atoms with van der Waals surface area (Å²) in [4.78, 5) is 8.25. The smallest absolute Gasteiger partial charge is 0.168 e. The number of hydrogen-bond acceptors (Lipinski definition) is 2. The zero-order valence-electron chi connectivity index (χ0n) is 7.85. The lowest BCUT2D eigenvalue weighted by Crippen LogP contribution is -2.31. The molecule has 3 heteroatoms. The van der Waals surface area contributed by atoms with Crippen molar-refractivity contribution in [3.63, 3.8) is 0 Å². The second-order valence-electron chi connectivity index (χ2n) is 2.56. The number of hydrogen-bond donors (Lipinski definition) is 0. The molecule has 0 aliphatic rings. The molecule has 0 aromatic carbocycles. The zero-order valence-corrected chi connectivity index (χ0v) is 7.85. The van der Waals surface area contributed by atoms with Crippen molar-refractivity contribution in [2.45, 2.75) is 26.3 Å². The minimum absolute atomic E-state index is 0.500. The predicted molar refractivity (Wildman–Crippen MR) is 47.6 cm³/mol. The summed E-state index contributed by atoms with van der Waals surface area (Å²) in [6, 6.07) is 6.17. The first-order chi connectivity index (χ1) is 6.35. The predicted octanol–water partition coefficient (Wildman–Crippen LogP) is 0.140. The summed E-state index contributed by atoms with van der Waals surface area (Å²) in [6.07, 6.45) is 6.75. The van der Waals surface area contributed by atoms with Crippen molar-refractivity contribution in [2.24, 2.45) is 0 Å². The number of carbonyl (C=O) groups excluding carboxylic acids is 1. The number of aromatic nitrogens is 1. The van der Waals surface area contributed by atoms with Crippen LogP contribution >= 0.6 is 0 Å². The van der Waals surface area contributed by atoms with Gasteiger partial charge in [0.1, 0.15) is 6.54 Å². The standard InChI is InChI=1S/C9H14N.CH2O2/c1-2-3-7-10-8-5-4-6-9-10;2-1-3/h4-6,8-9H,2-3,7H2,1H3;1H,(H,2,3)/q+1;/p-1. The van der Waals surface area contributed by atoms with Gasteiger partial charge in [-0.25, -0.2) is 4.57 Å². The molecule has 1 rings (SSSR count). The van der Waals surface area contributed by atoms with E-state index in [1.54, 1.807) is 0 Å². The summed E-state index contributed by atoms with van der Waals surface area (Å²) in [6.45, 7) is 2.86. The molecule has 0 atom stereocenters. The van der Waals surface area contributed by atoms with Crippen LogP contribution in [0, 0.1) is 0 Å². The summed E-state index contributed by atoms with van der Waals surface area (Å²) < 4.78 is 2.21. The maximum absolute atomic E-state index is 8.25. The number of carboxylic acid groups (broad SMARTS) is 1. The van der Waals surface area contributed by atoms with Crippen molar-refractivity contribution in [3.05, 3.63) is 30.6 Å². The molecular weight excluding hydrogens is 166 g/mol. The van der Waals surface area contributed by atoms with Gasteiger partial charge in [-0.15, -0.1) is 0 Å². The van der Waals surface area contributed by atoms with Gasteiger partial charge in [-0.3, -0.25) is 0 Å². The lowest BCUT2D eigenvalue weighted by Gasteiger charge is -1.91. The molecule has 3 nitrogen and oxygen atoms in total. The van der Waals surface area contributed by atoms with Crippen LogP contribution in [0.5, 0.6) is 0 Å². The molecule has 1 heterocycles. The molecule has 72 valence electrons. The highest BCUT2D eigenvalue weighted by Crippen LogP contribution is 1.85. The average Bonchev–Trinajstić information content (AvgIpc) is 2.18. The van der Waals surface area contributed by atoms with Crippen LogP contribution in [0.15, 0.2) is 30.6 Å². The Hall–Kier alpha value is -1.38. The van der Waals surface area contributed by atoms with E-state index < -0.39 is 6.47 Å². The van der Waals surface area contributed by atoms with Gasteiger partial charge in [0.05, 0.1) is 0 Å². The molecule has 0 unspecified atom stereocenters. The molecule has 0 spiro atoms. The highest BCUT2D eigenvalue weighted by Gasteiger charge is 1.93. The summed E-state index contributed by atoms with van der Waals surface area (Å²) in [5.74, 6) is 0. The summed E-state index contributed by atoms with van der Waals surface area (Å²) in [7, 11) is 0. The second-order valence-corrected chi connectivity index (χ2v) is 2.56. The first-order valence-corrected chi connectivity index (χ1v) is 4.34. The van der Waals surface area contributed by atoms with E-state index >= 15 is 0 Å². The van der Waals surface area contributed by atoms with Gasteiger partial charge in [0.25, 0.3) is 0 Å².